The monoisotopic (exact) mass is 365 g/mol. The molecule has 7 heteroatoms. The average molecular weight is 365 g/mol. The van der Waals surface area contributed by atoms with E-state index in [1.54, 1.807) is 24.1 Å². The Hall–Kier alpha value is -2.93. The number of piperazine rings is 1. The summed E-state index contributed by atoms with van der Waals surface area (Å²) in [6.45, 7) is 4.21. The largest absolute Gasteiger partial charge is 0.496 e. The van der Waals surface area contributed by atoms with Gasteiger partial charge in [0.15, 0.2) is 0 Å². The van der Waals surface area contributed by atoms with Crippen LogP contribution in [0.5, 0.6) is 5.75 Å². The van der Waals surface area contributed by atoms with E-state index in [4.69, 9.17) is 4.74 Å². The topological polar surface area (TPSA) is 63.5 Å². The first-order valence-electron chi connectivity index (χ1n) is 9.07. The fourth-order valence-electron chi connectivity index (χ4n) is 3.36. The molecule has 0 aliphatic carbocycles. The second-order valence-electron chi connectivity index (χ2n) is 6.82. The Labute approximate surface area is 157 Å². The van der Waals surface area contributed by atoms with E-state index in [1.165, 1.54) is 0 Å². The highest BCUT2D eigenvalue weighted by Crippen LogP contribution is 2.19. The molecule has 1 aliphatic rings. The van der Waals surface area contributed by atoms with Gasteiger partial charge in [0.1, 0.15) is 5.75 Å². The molecule has 3 aromatic rings. The smallest absolute Gasteiger partial charge is 0.261 e. The van der Waals surface area contributed by atoms with Gasteiger partial charge >= 0.3 is 0 Å². The number of para-hydroxylation sites is 1. The second kappa shape index (κ2) is 7.36. The van der Waals surface area contributed by atoms with E-state index in [2.05, 4.69) is 26.8 Å². The molecule has 27 heavy (non-hydrogen) atoms. The number of rotatable bonds is 4. The van der Waals surface area contributed by atoms with Crippen LogP contribution in [0.2, 0.25) is 0 Å². The summed E-state index contributed by atoms with van der Waals surface area (Å²) in [6.07, 6.45) is 3.44. The summed E-state index contributed by atoms with van der Waals surface area (Å²) in [5.74, 6) is 1.46. The zero-order chi connectivity index (χ0) is 18.8. The molecule has 1 saturated heterocycles. The summed E-state index contributed by atoms with van der Waals surface area (Å²) in [6, 6.07) is 9.59. The lowest BCUT2D eigenvalue weighted by atomic mass is 10.2. The summed E-state index contributed by atoms with van der Waals surface area (Å²) in [5, 5.41) is 0.533. The van der Waals surface area contributed by atoms with Crippen molar-refractivity contribution in [3.8, 4) is 5.75 Å². The van der Waals surface area contributed by atoms with Gasteiger partial charge in [-0.1, -0.05) is 18.2 Å². The fourth-order valence-corrected chi connectivity index (χ4v) is 3.36. The van der Waals surface area contributed by atoms with Crippen molar-refractivity contribution in [3.05, 3.63) is 58.6 Å². The SMILES string of the molecule is COc1ccccc1Cn1ccc2nc(N3CCN(C)CC3)ncc2c1=O. The van der Waals surface area contributed by atoms with Crippen LogP contribution >= 0.6 is 0 Å². The van der Waals surface area contributed by atoms with Crippen molar-refractivity contribution in [3.63, 3.8) is 0 Å². The van der Waals surface area contributed by atoms with Gasteiger partial charge in [-0.15, -0.1) is 0 Å². The van der Waals surface area contributed by atoms with Gasteiger partial charge in [0.25, 0.3) is 5.56 Å². The molecule has 4 rings (SSSR count). The Morgan fingerprint density at radius 1 is 1.11 bits per heavy atom. The van der Waals surface area contributed by atoms with Gasteiger partial charge in [-0.05, 0) is 19.2 Å². The van der Waals surface area contributed by atoms with Crippen LogP contribution in [0.4, 0.5) is 5.95 Å². The third kappa shape index (κ3) is 3.50. The van der Waals surface area contributed by atoms with Crippen molar-refractivity contribution in [1.29, 1.82) is 0 Å². The number of fused-ring (bicyclic) bond motifs is 1. The Balaban J connectivity index is 1.64. The molecule has 3 heterocycles. The van der Waals surface area contributed by atoms with Crippen molar-refractivity contribution in [1.82, 2.24) is 19.4 Å². The minimum Gasteiger partial charge on any atom is -0.496 e. The molecule has 1 aromatic carbocycles. The lowest BCUT2D eigenvalue weighted by Gasteiger charge is -2.32. The molecule has 0 saturated carbocycles. The zero-order valence-electron chi connectivity index (χ0n) is 15.6. The number of aromatic nitrogens is 3. The number of pyridine rings is 1. The Bertz CT molecular complexity index is 1010. The van der Waals surface area contributed by atoms with E-state index in [0.717, 1.165) is 37.5 Å². The highest BCUT2D eigenvalue weighted by atomic mass is 16.5. The van der Waals surface area contributed by atoms with Crippen LogP contribution in [0.1, 0.15) is 5.56 Å². The average Bonchev–Trinajstić information content (AvgIpc) is 2.71. The number of nitrogens with zero attached hydrogens (tertiary/aromatic N) is 5. The van der Waals surface area contributed by atoms with Crippen LogP contribution in [0.15, 0.2) is 47.5 Å². The van der Waals surface area contributed by atoms with Gasteiger partial charge in [-0.25, -0.2) is 9.97 Å². The number of benzene rings is 1. The number of anilines is 1. The molecule has 1 fully saturated rings. The normalized spacial score (nSPS) is 15.3. The van der Waals surface area contributed by atoms with Crippen LogP contribution in [0, 0.1) is 0 Å². The van der Waals surface area contributed by atoms with Gasteiger partial charge in [-0.3, -0.25) is 4.79 Å². The standard InChI is InChI=1S/C20H23N5O2/c1-23-9-11-24(12-10-23)20-21-13-16-17(22-20)7-8-25(19(16)26)14-15-5-3-4-6-18(15)27-2/h3-8,13H,9-12,14H2,1-2H3. The van der Waals surface area contributed by atoms with Crippen molar-refractivity contribution < 1.29 is 4.74 Å². The molecule has 0 amide bonds. The summed E-state index contributed by atoms with van der Waals surface area (Å²) in [7, 11) is 3.75. The molecule has 0 unspecified atom stereocenters. The van der Waals surface area contributed by atoms with Crippen LogP contribution in [0.25, 0.3) is 10.9 Å². The number of methoxy groups -OCH3 is 1. The van der Waals surface area contributed by atoms with Crippen LogP contribution in [-0.4, -0.2) is 59.8 Å². The van der Waals surface area contributed by atoms with Crippen LogP contribution < -0.4 is 15.2 Å². The van der Waals surface area contributed by atoms with Gasteiger partial charge in [0, 0.05) is 44.1 Å². The molecule has 0 atom stereocenters. The predicted molar refractivity (Wildman–Crippen MR) is 106 cm³/mol. The minimum atomic E-state index is -0.0941. The number of ether oxygens (including phenoxy) is 1. The summed E-state index contributed by atoms with van der Waals surface area (Å²) in [4.78, 5) is 26.4. The lowest BCUT2D eigenvalue weighted by Crippen LogP contribution is -2.45. The lowest BCUT2D eigenvalue weighted by molar-refractivity contribution is 0.311. The molecule has 0 spiro atoms. The quantitative estimate of drug-likeness (QED) is 0.700. The molecule has 1 aliphatic heterocycles. The maximum absolute atomic E-state index is 12.9. The number of hydrogen-bond acceptors (Lipinski definition) is 6. The fraction of sp³-hybridized carbons (Fsp3) is 0.350. The molecule has 0 N–H and O–H groups in total. The number of likely N-dealkylation sites (N-methyl/N-ethyl adjacent to an activating group) is 1. The summed E-state index contributed by atoms with van der Waals surface area (Å²) < 4.78 is 7.05. The Kier molecular flexibility index (Phi) is 4.77. The van der Waals surface area contributed by atoms with Gasteiger partial charge in [-0.2, -0.15) is 0 Å². The van der Waals surface area contributed by atoms with E-state index >= 15 is 0 Å². The minimum absolute atomic E-state index is 0.0941. The molecule has 7 nitrogen and oxygen atoms in total. The van der Waals surface area contributed by atoms with Gasteiger partial charge in [0.2, 0.25) is 5.95 Å². The highest BCUT2D eigenvalue weighted by molar-refractivity contribution is 5.77. The maximum Gasteiger partial charge on any atom is 0.261 e. The first-order valence-corrected chi connectivity index (χ1v) is 9.07. The number of hydrogen-bond donors (Lipinski definition) is 0. The Morgan fingerprint density at radius 3 is 2.67 bits per heavy atom. The second-order valence-corrected chi connectivity index (χ2v) is 6.82. The van der Waals surface area contributed by atoms with E-state index in [-0.39, 0.29) is 5.56 Å². The van der Waals surface area contributed by atoms with E-state index in [1.807, 2.05) is 30.3 Å². The first kappa shape index (κ1) is 17.5. The predicted octanol–water partition coefficient (Wildman–Crippen LogP) is 1.60. The van der Waals surface area contributed by atoms with E-state index in [0.29, 0.717) is 23.4 Å². The first-order chi connectivity index (χ1) is 13.2. The highest BCUT2D eigenvalue weighted by Gasteiger charge is 2.17. The van der Waals surface area contributed by atoms with Crippen LogP contribution in [-0.2, 0) is 6.54 Å². The summed E-state index contributed by atoms with van der Waals surface area (Å²) >= 11 is 0. The molecular weight excluding hydrogens is 342 g/mol. The molecule has 140 valence electrons. The zero-order valence-corrected chi connectivity index (χ0v) is 15.6. The summed E-state index contributed by atoms with van der Waals surface area (Å²) in [5.41, 5.74) is 1.54. The molecule has 0 bridgehead atoms. The molecular formula is C20H23N5O2. The molecule has 0 radical (unpaired) electrons. The Morgan fingerprint density at radius 2 is 1.89 bits per heavy atom. The van der Waals surface area contributed by atoms with E-state index in [9.17, 15) is 4.79 Å². The third-order valence-corrected chi connectivity index (χ3v) is 5.03. The molecule has 2 aromatic heterocycles. The van der Waals surface area contributed by atoms with E-state index < -0.39 is 0 Å². The van der Waals surface area contributed by atoms with Gasteiger partial charge < -0.3 is 19.1 Å². The van der Waals surface area contributed by atoms with Crippen molar-refractivity contribution in [2.45, 2.75) is 6.54 Å². The van der Waals surface area contributed by atoms with Crippen molar-refractivity contribution >= 4 is 16.9 Å². The van der Waals surface area contributed by atoms with Crippen LogP contribution in [0.3, 0.4) is 0 Å². The van der Waals surface area contributed by atoms with Crippen molar-refractivity contribution in [2.75, 3.05) is 45.2 Å². The third-order valence-electron chi connectivity index (χ3n) is 5.03. The van der Waals surface area contributed by atoms with Crippen molar-refractivity contribution in [2.24, 2.45) is 0 Å². The maximum atomic E-state index is 12.9. The van der Waals surface area contributed by atoms with Gasteiger partial charge in [0.05, 0.1) is 24.6 Å².